The highest BCUT2D eigenvalue weighted by Crippen LogP contribution is 2.63. The fourth-order valence-electron chi connectivity index (χ4n) is 25.5. The number of ether oxygens (including phenoxy) is 3. The fourth-order valence-corrected chi connectivity index (χ4v) is 36.0. The molecule has 35 nitrogen and oxygen atoms in total. The number of amides is 3. The maximum Gasteiger partial charge on any atom is 0.410 e. The first kappa shape index (κ1) is 95.8. The van der Waals surface area contributed by atoms with Crippen molar-refractivity contribution in [2.45, 2.75) is 258 Å². The molecule has 5 spiro atoms. The van der Waals surface area contributed by atoms with Crippen molar-refractivity contribution in [1.82, 2.24) is 66.8 Å². The lowest BCUT2D eigenvalue weighted by molar-refractivity contribution is -0.904. The number of sulfonamides is 5. The molecule has 10 unspecified atom stereocenters. The van der Waals surface area contributed by atoms with Crippen LogP contribution in [-0.4, -0.2) is 262 Å². The summed E-state index contributed by atoms with van der Waals surface area (Å²) in [6.07, 6.45) is 22.2. The Labute approximate surface area is 812 Å². The Morgan fingerprint density at radius 3 is 0.979 bits per heavy atom. The molecule has 25 rings (SSSR count). The number of hydrogen-bond acceptors (Lipinski definition) is 23. The molecule has 0 radical (unpaired) electrons. The molecule has 744 valence electrons. The normalized spacial score (nSPS) is 26.4. The molecular formula is C100H120N15O20S5+. The maximum absolute atomic E-state index is 13.8. The third kappa shape index (κ3) is 16.1. The molecule has 15 heterocycles. The van der Waals surface area contributed by atoms with Gasteiger partial charge in [-0.15, -0.1) is 0 Å². The number of aromatic nitrogens is 5. The van der Waals surface area contributed by atoms with Crippen molar-refractivity contribution in [3.05, 3.63) is 196 Å². The summed E-state index contributed by atoms with van der Waals surface area (Å²) in [7, 11) is -18.6. The van der Waals surface area contributed by atoms with Crippen LogP contribution in [0, 0.1) is 29.6 Å². The molecule has 0 bridgehead atoms. The zero-order valence-corrected chi connectivity index (χ0v) is 83.8. The van der Waals surface area contributed by atoms with Crippen molar-refractivity contribution >= 4 is 122 Å². The lowest BCUT2D eigenvalue weighted by Crippen LogP contribution is -2.50. The zero-order valence-electron chi connectivity index (χ0n) is 79.8. The van der Waals surface area contributed by atoms with E-state index in [0.717, 1.165) is 120 Å². The van der Waals surface area contributed by atoms with Crippen molar-refractivity contribution < 1.29 is 80.6 Å². The van der Waals surface area contributed by atoms with Crippen molar-refractivity contribution in [3.8, 4) is 0 Å². The molecule has 10 saturated heterocycles. The van der Waals surface area contributed by atoms with Crippen LogP contribution in [0.2, 0.25) is 0 Å². The van der Waals surface area contributed by atoms with Crippen LogP contribution in [0.5, 0.6) is 0 Å². The predicted molar refractivity (Wildman–Crippen MR) is 520 cm³/mol. The highest BCUT2D eigenvalue weighted by molar-refractivity contribution is 7.90. The summed E-state index contributed by atoms with van der Waals surface area (Å²) in [5.41, 5.74) is -4.74. The van der Waals surface area contributed by atoms with Gasteiger partial charge in [-0.25, -0.2) is 56.5 Å². The Balaban J connectivity index is 0.000000104. The Morgan fingerprint density at radius 1 is 0.364 bits per heavy atom. The summed E-state index contributed by atoms with van der Waals surface area (Å²) in [5, 5.41) is 22.0. The van der Waals surface area contributed by atoms with Gasteiger partial charge in [0, 0.05) is 155 Å². The Morgan fingerprint density at radius 2 is 0.657 bits per heavy atom. The van der Waals surface area contributed by atoms with E-state index in [-0.39, 0.29) is 114 Å². The van der Waals surface area contributed by atoms with Crippen LogP contribution in [0.25, 0.3) is 53.9 Å². The fraction of sp³-hybridized carbons (Fsp3) is 0.520. The van der Waals surface area contributed by atoms with Crippen LogP contribution >= 0.6 is 0 Å². The van der Waals surface area contributed by atoms with Crippen LogP contribution in [0.3, 0.4) is 0 Å². The highest BCUT2D eigenvalue weighted by atomic mass is 32.2. The van der Waals surface area contributed by atoms with Crippen molar-refractivity contribution in [3.63, 3.8) is 0 Å². The summed E-state index contributed by atoms with van der Waals surface area (Å²) in [5.74, 6) is 1.15. The first-order valence-electron chi connectivity index (χ1n) is 48.7. The van der Waals surface area contributed by atoms with Gasteiger partial charge >= 0.3 is 18.3 Å². The molecule has 10 aromatic rings. The standard InChI is InChI=1S/C22H28N3O5S.C22H27N3O5S.C22H27N3O4S.2C17H19N3O3S/c1-21(2,3)30-20(26)24-12-7-16-14-25(22(9-10-22)19(16)24)31(28,29)18-6-4-5-15-13-23(27)11-8-17(15)18;1-21(2,3)30-20(27)24-12-8-14-13-25(22(9-10-22)18(14)24)31(28,29)17-6-4-5-16-15(17)7-11-23-19(16)26;1-21(2,3)29-20(26)24-12-8-16-14-25(22(9-10-22)19(16)24)30(27,28)18-6-4-5-15-13-23-11-7-17(15)18;2*21-16-13-2-1-3-14(12(13)5-9-19-16)24(22,23)20-10-11-4-8-18-15(11)17(20)6-7-17/h4-6,8,11,13,16,19,27H,7,9-10,12,14H2,1-3H3;4-7,11,14,18H,8-10,12-13H2,1-3H3,(H,23,26);4-7,11,13,16,19H,8-10,12,14H2,1-3H3;2*1-3,5,9,11,15,18H,4,6-8,10H2,(H,19,21)/q+1;;;;. The molecule has 10 atom stereocenters. The Kier molecular flexibility index (Phi) is 23.2. The number of fused-ring (bicyclic) bond motifs is 15. The second-order valence-electron chi connectivity index (χ2n) is 43.7. The molecule has 5 aromatic carbocycles. The number of carbonyl (C=O) groups excluding carboxylic acids is 3. The van der Waals surface area contributed by atoms with E-state index in [9.17, 15) is 76.1 Å². The minimum absolute atomic E-state index is 0.0863. The van der Waals surface area contributed by atoms with Gasteiger partial charge in [0.1, 0.15) is 16.8 Å². The molecular weight excluding hydrogens is 1890 g/mol. The third-order valence-electron chi connectivity index (χ3n) is 31.8. The lowest BCUT2D eigenvalue weighted by Gasteiger charge is -2.34. The summed E-state index contributed by atoms with van der Waals surface area (Å²) < 4.78 is 163. The summed E-state index contributed by atoms with van der Waals surface area (Å²) >= 11 is 0. The number of nitrogens with zero attached hydrogens (tertiary/aromatic N) is 10. The molecule has 140 heavy (non-hydrogen) atoms. The first-order chi connectivity index (χ1) is 66.3. The van der Waals surface area contributed by atoms with Gasteiger partial charge < -0.3 is 54.5 Å². The Hall–Kier alpha value is -10.4. The second kappa shape index (κ2) is 33.9. The second-order valence-corrected chi connectivity index (χ2v) is 52.8. The van der Waals surface area contributed by atoms with E-state index >= 15 is 0 Å². The van der Waals surface area contributed by atoms with Gasteiger partial charge in [0.2, 0.25) is 62.5 Å². The average molecular weight is 2010 g/mol. The number of H-pyrrole nitrogens is 3. The van der Waals surface area contributed by atoms with Crippen molar-refractivity contribution in [1.29, 1.82) is 0 Å². The number of carbonyl (C=O) groups is 3. The number of rotatable bonds is 10. The SMILES string of the molecule is CC(C)(C)OC(=O)N1CCC2CN(S(=O)(=O)c3cccc4c(=O)[nH]ccc34)C3(CC3)C21.CC(C)(C)OC(=O)N1CCC2CN(S(=O)(=O)c3cccc4c[n+](O)ccc34)C3(CC3)C21.CC(C)(C)OC(=O)N1CCC2CN(S(=O)(=O)c3cccc4cnccc34)C3(CC3)C21.O=c1[nH]ccc2c(S(=O)(=O)N3CC4CCNC4C34CC4)cccc12.O=c1[nH]ccc2c(S(=O)(=O)N3CC4CCNC4C34CC4)cccc12. The predicted octanol–water partition coefficient (Wildman–Crippen LogP) is 10.7. The van der Waals surface area contributed by atoms with E-state index in [1.54, 1.807) is 164 Å². The molecule has 10 aliphatic heterocycles. The molecule has 5 saturated carbocycles. The van der Waals surface area contributed by atoms with Crippen molar-refractivity contribution in [2.24, 2.45) is 29.6 Å². The smallest absolute Gasteiger partial charge is 0.410 e. The number of nitrogens with one attached hydrogen (secondary N) is 5. The highest BCUT2D eigenvalue weighted by Gasteiger charge is 2.73. The van der Waals surface area contributed by atoms with E-state index in [0.29, 0.717) is 118 Å². The zero-order chi connectivity index (χ0) is 98.7. The molecule has 15 fully saturated rings. The van der Waals surface area contributed by atoms with Gasteiger partial charge in [0.05, 0.1) is 75.7 Å². The van der Waals surface area contributed by atoms with Gasteiger partial charge in [-0.2, -0.15) is 21.5 Å². The van der Waals surface area contributed by atoms with E-state index < -0.39 is 83.5 Å². The van der Waals surface area contributed by atoms with Gasteiger partial charge in [-0.05, 0) is 280 Å². The van der Waals surface area contributed by atoms with Crippen LogP contribution in [-0.2, 0) is 64.3 Å². The average Bonchev–Trinajstić information content (AvgIpc) is 1.53. The molecule has 40 heteroatoms. The van der Waals surface area contributed by atoms with Crippen LogP contribution in [0.4, 0.5) is 14.4 Å². The number of benzene rings is 5. The van der Waals surface area contributed by atoms with E-state index in [1.165, 1.54) is 31.0 Å². The summed E-state index contributed by atoms with van der Waals surface area (Å²) in [6, 6.07) is 33.6. The van der Waals surface area contributed by atoms with E-state index in [1.807, 2.05) is 68.4 Å². The maximum atomic E-state index is 13.8. The molecule has 15 aliphatic rings. The number of likely N-dealkylation sites (tertiary alicyclic amines) is 3. The van der Waals surface area contributed by atoms with E-state index in [4.69, 9.17) is 14.2 Å². The lowest BCUT2D eigenvalue weighted by atomic mass is 9.98. The third-order valence-corrected chi connectivity index (χ3v) is 41.9. The summed E-state index contributed by atoms with van der Waals surface area (Å²) in [4.78, 5) is 93.2. The van der Waals surface area contributed by atoms with Gasteiger partial charge in [-0.1, -0.05) is 36.4 Å². The van der Waals surface area contributed by atoms with E-state index in [2.05, 4.69) is 30.6 Å². The van der Waals surface area contributed by atoms with Crippen LogP contribution < -0.4 is 32.0 Å². The molecule has 6 N–H and O–H groups in total. The number of aromatic amines is 3. The van der Waals surface area contributed by atoms with Gasteiger partial charge in [0.15, 0.2) is 0 Å². The number of pyridine rings is 5. The minimum atomic E-state index is -3.85. The first-order valence-corrected chi connectivity index (χ1v) is 55.9. The molecule has 5 aromatic heterocycles. The molecule has 5 aliphatic carbocycles. The number of hydrogen-bond donors (Lipinski definition) is 6. The van der Waals surface area contributed by atoms with Gasteiger partial charge in [0.25, 0.3) is 16.7 Å². The Bertz CT molecular complexity index is 7380. The quantitative estimate of drug-likeness (QED) is 0.0421. The van der Waals surface area contributed by atoms with Crippen molar-refractivity contribution in [2.75, 3.05) is 65.4 Å². The minimum Gasteiger partial charge on any atom is -0.444 e. The molecule has 3 amide bonds. The van der Waals surface area contributed by atoms with Gasteiger partial charge in [-0.3, -0.25) is 24.6 Å². The largest absolute Gasteiger partial charge is 0.444 e. The topological polar surface area (TPSA) is 435 Å². The summed E-state index contributed by atoms with van der Waals surface area (Å²) in [6.45, 7) is 22.8. The van der Waals surface area contributed by atoms with Crippen LogP contribution in [0.15, 0.2) is 204 Å². The monoisotopic (exact) mass is 2010 g/mol. The van der Waals surface area contributed by atoms with Crippen LogP contribution in [0.1, 0.15) is 159 Å².